The van der Waals surface area contributed by atoms with Gasteiger partial charge in [-0.25, -0.2) is 4.98 Å². The predicted octanol–water partition coefficient (Wildman–Crippen LogP) is 5.93. The lowest BCUT2D eigenvalue weighted by molar-refractivity contribution is 0.102. The van der Waals surface area contributed by atoms with Crippen molar-refractivity contribution >= 4 is 60.1 Å². The van der Waals surface area contributed by atoms with E-state index in [9.17, 15) is 4.79 Å². The van der Waals surface area contributed by atoms with Crippen molar-refractivity contribution in [3.8, 4) is 11.3 Å². The minimum absolute atomic E-state index is 0.339. The molecule has 0 aliphatic heterocycles. The summed E-state index contributed by atoms with van der Waals surface area (Å²) in [6, 6.07) is 13.0. The van der Waals surface area contributed by atoms with Crippen LogP contribution in [0.1, 0.15) is 16.1 Å². The zero-order valence-electron chi connectivity index (χ0n) is 13.4. The van der Waals surface area contributed by atoms with Gasteiger partial charge in [0.05, 0.1) is 15.2 Å². The van der Waals surface area contributed by atoms with Gasteiger partial charge in [-0.1, -0.05) is 52.4 Å². The lowest BCUT2D eigenvalue weighted by atomic mass is 10.1. The number of hydrogen-bond donors (Lipinski definition) is 1. The Bertz CT molecular complexity index is 1140. The number of fused-ring (bicyclic) bond motifs is 1. The minimum Gasteiger partial charge on any atom is -0.360 e. The highest BCUT2D eigenvalue weighted by molar-refractivity contribution is 9.10. The van der Waals surface area contributed by atoms with E-state index in [4.69, 9.17) is 16.1 Å². The highest BCUT2D eigenvalue weighted by atomic mass is 79.9. The molecule has 26 heavy (non-hydrogen) atoms. The lowest BCUT2D eigenvalue weighted by Crippen LogP contribution is -2.13. The molecule has 0 saturated carbocycles. The first-order chi connectivity index (χ1) is 12.5. The number of para-hydroxylation sites is 1. The Kier molecular flexibility index (Phi) is 4.52. The summed E-state index contributed by atoms with van der Waals surface area (Å²) >= 11 is 11.1. The Morgan fingerprint density at radius 2 is 2.04 bits per heavy atom. The highest BCUT2D eigenvalue weighted by Crippen LogP contribution is 2.33. The fraction of sp³-hybridized carbons (Fsp3) is 0.0556. The van der Waals surface area contributed by atoms with Crippen molar-refractivity contribution < 1.29 is 9.32 Å². The normalized spacial score (nSPS) is 11.0. The van der Waals surface area contributed by atoms with E-state index < -0.39 is 0 Å². The van der Waals surface area contributed by atoms with Gasteiger partial charge in [0.2, 0.25) is 0 Å². The van der Waals surface area contributed by atoms with Crippen molar-refractivity contribution in [1.29, 1.82) is 0 Å². The lowest BCUT2D eigenvalue weighted by Gasteiger charge is -2.04. The molecule has 8 heteroatoms. The van der Waals surface area contributed by atoms with E-state index in [-0.39, 0.29) is 5.91 Å². The molecule has 4 aromatic rings. The Morgan fingerprint density at radius 3 is 2.81 bits per heavy atom. The average molecular weight is 449 g/mol. The van der Waals surface area contributed by atoms with Gasteiger partial charge in [-0.05, 0) is 41.1 Å². The molecular formula is C18H11BrClN3O2S. The number of carbonyl (C=O) groups is 1. The van der Waals surface area contributed by atoms with E-state index in [0.29, 0.717) is 32.7 Å². The van der Waals surface area contributed by atoms with Crippen LogP contribution in [0.15, 0.2) is 51.5 Å². The Morgan fingerprint density at radius 1 is 1.23 bits per heavy atom. The number of nitrogens with zero attached hydrogens (tertiary/aromatic N) is 2. The van der Waals surface area contributed by atoms with Crippen LogP contribution in [-0.2, 0) is 0 Å². The highest BCUT2D eigenvalue weighted by Gasteiger charge is 2.24. The molecule has 0 bridgehead atoms. The van der Waals surface area contributed by atoms with Gasteiger partial charge in [-0.2, -0.15) is 0 Å². The maximum absolute atomic E-state index is 12.9. The molecule has 5 nitrogen and oxygen atoms in total. The summed E-state index contributed by atoms with van der Waals surface area (Å²) in [7, 11) is 0. The molecule has 1 N–H and O–H groups in total. The summed E-state index contributed by atoms with van der Waals surface area (Å²) in [5.41, 5.74) is 2.20. The monoisotopic (exact) mass is 447 g/mol. The molecule has 0 fully saturated rings. The minimum atomic E-state index is -0.339. The summed E-state index contributed by atoms with van der Waals surface area (Å²) in [5, 5.41) is 7.86. The van der Waals surface area contributed by atoms with Crippen LogP contribution in [0.2, 0.25) is 5.02 Å². The maximum Gasteiger partial charge on any atom is 0.263 e. The smallest absolute Gasteiger partial charge is 0.263 e. The predicted molar refractivity (Wildman–Crippen MR) is 107 cm³/mol. The first kappa shape index (κ1) is 17.2. The van der Waals surface area contributed by atoms with Gasteiger partial charge in [0.1, 0.15) is 17.0 Å². The van der Waals surface area contributed by atoms with Crippen molar-refractivity contribution in [2.45, 2.75) is 6.92 Å². The van der Waals surface area contributed by atoms with Crippen LogP contribution < -0.4 is 5.32 Å². The van der Waals surface area contributed by atoms with Gasteiger partial charge in [-0.3, -0.25) is 10.1 Å². The number of nitrogens with one attached hydrogen (secondary N) is 1. The number of hydrogen-bond acceptors (Lipinski definition) is 5. The molecule has 0 radical (unpaired) electrons. The third-order valence-corrected chi connectivity index (χ3v) is 5.71. The van der Waals surface area contributed by atoms with Crippen LogP contribution in [0.4, 0.5) is 5.13 Å². The van der Waals surface area contributed by atoms with E-state index in [1.165, 1.54) is 11.3 Å². The first-order valence-corrected chi connectivity index (χ1v) is 9.61. The van der Waals surface area contributed by atoms with Crippen LogP contribution >= 0.6 is 38.9 Å². The number of thiazole rings is 1. The molecule has 1 amide bonds. The SMILES string of the molecule is Cc1onc(-c2ccccc2Cl)c1C(=O)Nc1nc2c(Br)cccc2s1. The molecule has 4 rings (SSSR count). The van der Waals surface area contributed by atoms with E-state index in [0.717, 1.165) is 14.7 Å². The largest absolute Gasteiger partial charge is 0.360 e. The molecular weight excluding hydrogens is 438 g/mol. The second-order valence-corrected chi connectivity index (χ2v) is 7.79. The molecule has 130 valence electrons. The summed E-state index contributed by atoms with van der Waals surface area (Å²) in [4.78, 5) is 17.3. The van der Waals surface area contributed by atoms with E-state index in [1.54, 1.807) is 19.1 Å². The van der Waals surface area contributed by atoms with Crippen molar-refractivity contribution in [3.05, 3.63) is 63.3 Å². The van der Waals surface area contributed by atoms with Crippen molar-refractivity contribution in [1.82, 2.24) is 10.1 Å². The van der Waals surface area contributed by atoms with Gasteiger partial charge >= 0.3 is 0 Å². The van der Waals surface area contributed by atoms with Gasteiger partial charge in [-0.15, -0.1) is 0 Å². The molecule has 0 saturated heterocycles. The second-order valence-electron chi connectivity index (χ2n) is 5.50. The number of benzene rings is 2. The molecule has 0 aliphatic carbocycles. The number of rotatable bonds is 3. The second kappa shape index (κ2) is 6.83. The fourth-order valence-corrected chi connectivity index (χ4v) is 4.30. The molecule has 0 unspecified atom stereocenters. The molecule has 2 aromatic carbocycles. The molecule has 0 spiro atoms. The van der Waals surface area contributed by atoms with Gasteiger partial charge in [0.15, 0.2) is 5.13 Å². The van der Waals surface area contributed by atoms with Crippen molar-refractivity contribution in [3.63, 3.8) is 0 Å². The van der Waals surface area contributed by atoms with Gasteiger partial charge in [0.25, 0.3) is 5.91 Å². The van der Waals surface area contributed by atoms with Crippen LogP contribution in [0.3, 0.4) is 0 Å². The van der Waals surface area contributed by atoms with E-state index >= 15 is 0 Å². The van der Waals surface area contributed by atoms with Gasteiger partial charge in [0, 0.05) is 10.0 Å². The fourth-order valence-electron chi connectivity index (χ4n) is 2.60. The van der Waals surface area contributed by atoms with E-state index in [2.05, 4.69) is 31.4 Å². The third-order valence-electron chi connectivity index (χ3n) is 3.81. The zero-order valence-corrected chi connectivity index (χ0v) is 16.6. The molecule has 0 atom stereocenters. The van der Waals surface area contributed by atoms with E-state index in [1.807, 2.05) is 30.3 Å². The molecule has 2 heterocycles. The number of amides is 1. The van der Waals surface area contributed by atoms with Crippen LogP contribution in [0, 0.1) is 6.92 Å². The molecule has 2 aromatic heterocycles. The summed E-state index contributed by atoms with van der Waals surface area (Å²) in [5.74, 6) is 0.0774. The number of halogens is 2. The zero-order chi connectivity index (χ0) is 18.3. The van der Waals surface area contributed by atoms with Gasteiger partial charge < -0.3 is 4.52 Å². The summed E-state index contributed by atoms with van der Waals surface area (Å²) < 4.78 is 7.10. The average Bonchev–Trinajstić information content (AvgIpc) is 3.19. The maximum atomic E-state index is 12.9. The van der Waals surface area contributed by atoms with Crippen LogP contribution in [0.25, 0.3) is 21.5 Å². The first-order valence-electron chi connectivity index (χ1n) is 7.62. The Hall–Kier alpha value is -2.22. The number of carbonyl (C=O) groups excluding carboxylic acids is 1. The number of anilines is 1. The Balaban J connectivity index is 1.71. The standard InChI is InChI=1S/C18H11BrClN3O2S/c1-9-14(15(23-25-9)10-5-2-3-7-12(10)20)17(24)22-18-21-16-11(19)6-4-8-13(16)26-18/h2-8H,1H3,(H,21,22,24). The summed E-state index contributed by atoms with van der Waals surface area (Å²) in [6.07, 6.45) is 0. The number of aryl methyl sites for hydroxylation is 1. The molecule has 0 aliphatic rings. The van der Waals surface area contributed by atoms with Crippen LogP contribution in [0.5, 0.6) is 0 Å². The summed E-state index contributed by atoms with van der Waals surface area (Å²) in [6.45, 7) is 1.69. The van der Waals surface area contributed by atoms with Crippen molar-refractivity contribution in [2.75, 3.05) is 5.32 Å². The Labute approximate surface area is 166 Å². The number of aromatic nitrogens is 2. The van der Waals surface area contributed by atoms with Crippen LogP contribution in [-0.4, -0.2) is 16.0 Å². The third kappa shape index (κ3) is 3.02. The quantitative estimate of drug-likeness (QED) is 0.422. The van der Waals surface area contributed by atoms with Crippen molar-refractivity contribution in [2.24, 2.45) is 0 Å². The topological polar surface area (TPSA) is 68.0 Å².